The van der Waals surface area contributed by atoms with Crippen LogP contribution in [-0.2, 0) is 16.6 Å². The van der Waals surface area contributed by atoms with Crippen LogP contribution in [0.3, 0.4) is 0 Å². The highest BCUT2D eigenvalue weighted by molar-refractivity contribution is 7.89. The Labute approximate surface area is 109 Å². The molecule has 19 heavy (non-hydrogen) atoms. The van der Waals surface area contributed by atoms with Crippen molar-refractivity contribution in [1.82, 2.24) is 4.72 Å². The second-order valence-electron chi connectivity index (χ2n) is 3.73. The van der Waals surface area contributed by atoms with Crippen LogP contribution in [-0.4, -0.2) is 19.5 Å². The summed E-state index contributed by atoms with van der Waals surface area (Å²) >= 11 is 0. The topological polar surface area (TPSA) is 96.6 Å². The van der Waals surface area contributed by atoms with Gasteiger partial charge in [0.2, 0.25) is 10.0 Å². The van der Waals surface area contributed by atoms with E-state index in [4.69, 9.17) is 9.52 Å². The molecule has 7 heteroatoms. The number of sulfonamides is 1. The minimum Gasteiger partial charge on any atom is -0.478 e. The number of carbonyl (C=O) groups is 1. The average molecular weight is 281 g/mol. The maximum absolute atomic E-state index is 11.9. The van der Waals surface area contributed by atoms with Gasteiger partial charge in [-0.15, -0.1) is 0 Å². The standard InChI is InChI=1S/C12H11NO5S/c14-12(15)9-3-5-11(6-4-9)19(16,17)13-8-10-2-1-7-18-10/h1-7,13H,8H2,(H,14,15). The Morgan fingerprint density at radius 3 is 2.42 bits per heavy atom. The van der Waals surface area contributed by atoms with E-state index in [0.29, 0.717) is 5.76 Å². The van der Waals surface area contributed by atoms with Crippen LogP contribution in [0.25, 0.3) is 0 Å². The molecule has 0 amide bonds. The molecule has 0 fully saturated rings. The number of carboxylic acids is 1. The number of benzene rings is 1. The van der Waals surface area contributed by atoms with Gasteiger partial charge in [-0.25, -0.2) is 17.9 Å². The molecule has 1 aromatic carbocycles. The summed E-state index contributed by atoms with van der Waals surface area (Å²) in [5.74, 6) is -0.613. The molecule has 2 rings (SSSR count). The first-order valence-electron chi connectivity index (χ1n) is 5.34. The number of nitrogens with one attached hydrogen (secondary N) is 1. The minimum absolute atomic E-state index is 0.00376. The quantitative estimate of drug-likeness (QED) is 0.864. The molecular weight excluding hydrogens is 270 g/mol. The van der Waals surface area contributed by atoms with E-state index < -0.39 is 16.0 Å². The lowest BCUT2D eigenvalue weighted by atomic mass is 10.2. The van der Waals surface area contributed by atoms with E-state index in [1.807, 2.05) is 0 Å². The third-order valence-corrected chi connectivity index (χ3v) is 3.85. The van der Waals surface area contributed by atoms with Gasteiger partial charge in [0.05, 0.1) is 23.3 Å². The lowest BCUT2D eigenvalue weighted by Crippen LogP contribution is -2.23. The van der Waals surface area contributed by atoms with Crippen LogP contribution in [0.2, 0.25) is 0 Å². The van der Waals surface area contributed by atoms with E-state index in [2.05, 4.69) is 4.72 Å². The third-order valence-electron chi connectivity index (χ3n) is 2.43. The van der Waals surface area contributed by atoms with Crippen LogP contribution in [0.1, 0.15) is 16.1 Å². The van der Waals surface area contributed by atoms with Crippen molar-refractivity contribution in [3.8, 4) is 0 Å². The highest BCUT2D eigenvalue weighted by Crippen LogP contribution is 2.11. The number of hydrogen-bond acceptors (Lipinski definition) is 4. The van der Waals surface area contributed by atoms with E-state index in [-0.39, 0.29) is 17.0 Å². The molecule has 0 atom stereocenters. The highest BCUT2D eigenvalue weighted by Gasteiger charge is 2.15. The van der Waals surface area contributed by atoms with Gasteiger partial charge in [-0.3, -0.25) is 0 Å². The van der Waals surface area contributed by atoms with Crippen molar-refractivity contribution < 1.29 is 22.7 Å². The first-order chi connectivity index (χ1) is 8.99. The van der Waals surface area contributed by atoms with Crippen LogP contribution in [0, 0.1) is 0 Å². The predicted octanol–water partition coefficient (Wildman–Crippen LogP) is 1.46. The Hall–Kier alpha value is -2.12. The van der Waals surface area contributed by atoms with E-state index in [1.54, 1.807) is 12.1 Å². The minimum atomic E-state index is -3.68. The molecule has 100 valence electrons. The summed E-state index contributed by atoms with van der Waals surface area (Å²) in [6.07, 6.45) is 1.45. The summed E-state index contributed by atoms with van der Waals surface area (Å²) in [5.41, 5.74) is 0.0324. The highest BCUT2D eigenvalue weighted by atomic mass is 32.2. The van der Waals surface area contributed by atoms with Gasteiger partial charge in [0.25, 0.3) is 0 Å². The molecular formula is C12H11NO5S. The zero-order valence-electron chi connectivity index (χ0n) is 9.74. The summed E-state index contributed by atoms with van der Waals surface area (Å²) in [7, 11) is -3.68. The zero-order chi connectivity index (χ0) is 13.9. The van der Waals surface area contributed by atoms with E-state index in [1.165, 1.54) is 30.5 Å². The van der Waals surface area contributed by atoms with Gasteiger partial charge in [0.1, 0.15) is 5.76 Å². The molecule has 0 saturated heterocycles. The normalized spacial score (nSPS) is 11.4. The van der Waals surface area contributed by atoms with E-state index in [0.717, 1.165) is 0 Å². The first-order valence-corrected chi connectivity index (χ1v) is 6.83. The SMILES string of the molecule is O=C(O)c1ccc(S(=O)(=O)NCc2ccco2)cc1. The molecule has 0 saturated carbocycles. The Morgan fingerprint density at radius 1 is 1.21 bits per heavy atom. The maximum atomic E-state index is 11.9. The second kappa shape index (κ2) is 5.25. The van der Waals surface area contributed by atoms with Crippen molar-refractivity contribution in [3.63, 3.8) is 0 Å². The lowest BCUT2D eigenvalue weighted by Gasteiger charge is -2.05. The molecule has 0 bridgehead atoms. The zero-order valence-corrected chi connectivity index (χ0v) is 10.6. The number of rotatable bonds is 5. The van der Waals surface area contributed by atoms with E-state index >= 15 is 0 Å². The molecule has 0 aliphatic carbocycles. The molecule has 1 aromatic heterocycles. The number of carboxylic acid groups (broad SMARTS) is 1. The van der Waals surface area contributed by atoms with Gasteiger partial charge < -0.3 is 9.52 Å². The van der Waals surface area contributed by atoms with Crippen molar-refractivity contribution in [2.24, 2.45) is 0 Å². The average Bonchev–Trinajstić information content (AvgIpc) is 2.90. The van der Waals surface area contributed by atoms with Gasteiger partial charge in [-0.05, 0) is 36.4 Å². The lowest BCUT2D eigenvalue weighted by molar-refractivity contribution is 0.0696. The fourth-order valence-electron chi connectivity index (χ4n) is 1.44. The largest absolute Gasteiger partial charge is 0.478 e. The van der Waals surface area contributed by atoms with Crippen molar-refractivity contribution in [3.05, 3.63) is 54.0 Å². The Balaban J connectivity index is 2.13. The number of aromatic carboxylic acids is 1. The first kappa shape index (κ1) is 13.3. The third kappa shape index (κ3) is 3.21. The Kier molecular flexibility index (Phi) is 3.68. The molecule has 0 aliphatic heterocycles. The van der Waals surface area contributed by atoms with E-state index in [9.17, 15) is 13.2 Å². The van der Waals surface area contributed by atoms with Crippen LogP contribution >= 0.6 is 0 Å². The van der Waals surface area contributed by atoms with Gasteiger partial charge in [0, 0.05) is 0 Å². The fraction of sp³-hybridized carbons (Fsp3) is 0.0833. The Bertz CT molecular complexity index is 659. The van der Waals surface area contributed by atoms with Crippen LogP contribution < -0.4 is 4.72 Å². The van der Waals surface area contributed by atoms with Gasteiger partial charge in [0.15, 0.2) is 0 Å². The summed E-state index contributed by atoms with van der Waals surface area (Å²) in [4.78, 5) is 10.7. The van der Waals surface area contributed by atoms with Crippen molar-refractivity contribution >= 4 is 16.0 Å². The Morgan fingerprint density at radius 2 is 1.89 bits per heavy atom. The van der Waals surface area contributed by atoms with Crippen molar-refractivity contribution in [1.29, 1.82) is 0 Å². The predicted molar refractivity (Wildman–Crippen MR) is 66.1 cm³/mol. The molecule has 6 nitrogen and oxygen atoms in total. The van der Waals surface area contributed by atoms with Gasteiger partial charge in [-0.1, -0.05) is 0 Å². The smallest absolute Gasteiger partial charge is 0.335 e. The molecule has 0 radical (unpaired) electrons. The van der Waals surface area contributed by atoms with Crippen LogP contribution in [0.4, 0.5) is 0 Å². The molecule has 0 spiro atoms. The summed E-state index contributed by atoms with van der Waals surface area (Å²) < 4.78 is 31.2. The summed E-state index contributed by atoms with van der Waals surface area (Å²) in [6, 6.07) is 8.27. The molecule has 1 heterocycles. The van der Waals surface area contributed by atoms with Crippen LogP contribution in [0.5, 0.6) is 0 Å². The molecule has 0 unspecified atom stereocenters. The van der Waals surface area contributed by atoms with Gasteiger partial charge in [-0.2, -0.15) is 0 Å². The number of hydrogen-bond donors (Lipinski definition) is 2. The van der Waals surface area contributed by atoms with Gasteiger partial charge >= 0.3 is 5.97 Å². The molecule has 2 N–H and O–H groups in total. The number of furan rings is 1. The molecule has 0 aliphatic rings. The second-order valence-corrected chi connectivity index (χ2v) is 5.50. The van der Waals surface area contributed by atoms with Crippen LogP contribution in [0.15, 0.2) is 52.0 Å². The van der Waals surface area contributed by atoms with Crippen molar-refractivity contribution in [2.45, 2.75) is 11.4 Å². The monoisotopic (exact) mass is 281 g/mol. The fourth-order valence-corrected chi connectivity index (χ4v) is 2.43. The summed E-state index contributed by atoms with van der Waals surface area (Å²) in [5, 5.41) is 8.73. The summed E-state index contributed by atoms with van der Waals surface area (Å²) in [6.45, 7) is 0.0377. The maximum Gasteiger partial charge on any atom is 0.335 e. The van der Waals surface area contributed by atoms with Crippen molar-refractivity contribution in [2.75, 3.05) is 0 Å². The molecule has 2 aromatic rings.